The zero-order chi connectivity index (χ0) is 33.8. The Labute approximate surface area is 289 Å². The highest BCUT2D eigenvalue weighted by atomic mass is 16.3. The quantitative estimate of drug-likeness (QED) is 0.0834. The van der Waals surface area contributed by atoms with Crippen LogP contribution >= 0.6 is 0 Å². The van der Waals surface area contributed by atoms with Gasteiger partial charge in [0.25, 0.3) is 0 Å². The minimum Gasteiger partial charge on any atom is -0.395 e. The summed E-state index contributed by atoms with van der Waals surface area (Å²) in [6, 6.07) is 62.1. The maximum absolute atomic E-state index is 13.9. The average Bonchev–Trinajstić information content (AvgIpc) is 3.18. The molecule has 0 atom stereocenters. The summed E-state index contributed by atoms with van der Waals surface area (Å²) in [5, 5.41) is 17.5. The molecule has 246 valence electrons. The fraction of sp³-hybridized carbons (Fsp3) is 0.159. The molecule has 6 rings (SSSR count). The molecule has 5 heteroatoms. The van der Waals surface area contributed by atoms with Gasteiger partial charge in [-0.05, 0) is 33.4 Å². The Balaban J connectivity index is 1.29. The molecule has 0 unspecified atom stereocenters. The molecule has 0 heterocycles. The van der Waals surface area contributed by atoms with E-state index in [-0.39, 0.29) is 19.1 Å². The van der Waals surface area contributed by atoms with E-state index in [2.05, 4.69) is 125 Å². The average molecular weight is 646 g/mol. The number of rotatable bonds is 15. The predicted molar refractivity (Wildman–Crippen MR) is 198 cm³/mol. The number of nitrogens with zero attached hydrogens (tertiary/aromatic N) is 1. The summed E-state index contributed by atoms with van der Waals surface area (Å²) in [5.41, 5.74) is 4.98. The van der Waals surface area contributed by atoms with Gasteiger partial charge in [0.1, 0.15) is 0 Å². The number of hydrogen-bond acceptors (Lipinski definition) is 4. The van der Waals surface area contributed by atoms with E-state index in [0.29, 0.717) is 19.6 Å². The number of aliphatic hydroxyl groups excluding tert-OH is 1. The molecule has 0 aliphatic carbocycles. The Morgan fingerprint density at radius 1 is 0.490 bits per heavy atom. The van der Waals surface area contributed by atoms with E-state index in [4.69, 9.17) is 0 Å². The molecule has 0 saturated heterocycles. The van der Waals surface area contributed by atoms with Crippen LogP contribution in [0, 0.1) is 0 Å². The summed E-state index contributed by atoms with van der Waals surface area (Å²) < 4.78 is 0. The standard InChI is InChI=1S/C44H43N3O2/c48-34-33-47(44(39-25-13-4-14-26-39,40-27-15-5-16-28-40)41-29-17-6-18-30-41)35-42(49)45-31-32-46-43(36-19-7-1-8-20-36,37-21-9-2-10-22-37)38-23-11-3-12-24-38/h1-30,46,48H,31-35H2,(H,45,49). The zero-order valence-corrected chi connectivity index (χ0v) is 27.7. The lowest BCUT2D eigenvalue weighted by Crippen LogP contribution is -2.53. The Hall–Kier alpha value is -5.33. The van der Waals surface area contributed by atoms with E-state index in [1.807, 2.05) is 72.8 Å². The van der Waals surface area contributed by atoms with Gasteiger partial charge in [-0.25, -0.2) is 0 Å². The van der Waals surface area contributed by atoms with Crippen molar-refractivity contribution >= 4 is 5.91 Å². The van der Waals surface area contributed by atoms with Crippen molar-refractivity contribution in [1.29, 1.82) is 0 Å². The smallest absolute Gasteiger partial charge is 0.234 e. The molecule has 49 heavy (non-hydrogen) atoms. The molecule has 0 aliphatic heterocycles. The van der Waals surface area contributed by atoms with Crippen molar-refractivity contribution in [2.75, 3.05) is 32.8 Å². The maximum Gasteiger partial charge on any atom is 0.234 e. The van der Waals surface area contributed by atoms with Crippen molar-refractivity contribution in [3.05, 3.63) is 215 Å². The van der Waals surface area contributed by atoms with Crippen LogP contribution in [-0.4, -0.2) is 48.7 Å². The third-order valence-corrected chi connectivity index (χ3v) is 9.21. The van der Waals surface area contributed by atoms with Gasteiger partial charge in [0.05, 0.1) is 24.2 Å². The molecule has 0 radical (unpaired) electrons. The minimum absolute atomic E-state index is 0.0838. The van der Waals surface area contributed by atoms with Gasteiger partial charge in [0.2, 0.25) is 5.91 Å². The molecular formula is C44H43N3O2. The van der Waals surface area contributed by atoms with Gasteiger partial charge in [-0.2, -0.15) is 0 Å². The molecule has 0 bridgehead atoms. The van der Waals surface area contributed by atoms with E-state index in [1.54, 1.807) is 0 Å². The SMILES string of the molecule is O=C(CN(CCO)C(c1ccccc1)(c1ccccc1)c1ccccc1)NCCNC(c1ccccc1)(c1ccccc1)c1ccccc1. The van der Waals surface area contributed by atoms with Crippen LogP contribution in [0.4, 0.5) is 0 Å². The van der Waals surface area contributed by atoms with Gasteiger partial charge in [-0.1, -0.05) is 182 Å². The second kappa shape index (κ2) is 16.2. The van der Waals surface area contributed by atoms with Crippen molar-refractivity contribution in [3.63, 3.8) is 0 Å². The van der Waals surface area contributed by atoms with Gasteiger partial charge in [0.15, 0.2) is 0 Å². The zero-order valence-electron chi connectivity index (χ0n) is 27.7. The topological polar surface area (TPSA) is 64.6 Å². The Morgan fingerprint density at radius 2 is 0.816 bits per heavy atom. The molecule has 3 N–H and O–H groups in total. The summed E-state index contributed by atoms with van der Waals surface area (Å²) in [6.45, 7) is 1.21. The van der Waals surface area contributed by atoms with Crippen LogP contribution in [0.25, 0.3) is 0 Å². The summed E-state index contributed by atoms with van der Waals surface area (Å²) in [6.07, 6.45) is 0. The molecular weight excluding hydrogens is 603 g/mol. The molecule has 6 aromatic carbocycles. The first-order chi connectivity index (χ1) is 24.2. The number of aliphatic hydroxyl groups is 1. The van der Waals surface area contributed by atoms with E-state index in [1.165, 1.54) is 0 Å². The van der Waals surface area contributed by atoms with E-state index in [0.717, 1.165) is 33.4 Å². The second-order valence-corrected chi connectivity index (χ2v) is 12.1. The van der Waals surface area contributed by atoms with Crippen LogP contribution in [0.3, 0.4) is 0 Å². The van der Waals surface area contributed by atoms with Gasteiger partial charge in [-0.15, -0.1) is 0 Å². The summed E-state index contributed by atoms with van der Waals surface area (Å²) in [5.74, 6) is -0.118. The second-order valence-electron chi connectivity index (χ2n) is 12.1. The highest BCUT2D eigenvalue weighted by Gasteiger charge is 2.42. The van der Waals surface area contributed by atoms with E-state index >= 15 is 0 Å². The lowest BCUT2D eigenvalue weighted by atomic mass is 9.75. The van der Waals surface area contributed by atoms with E-state index < -0.39 is 11.1 Å². The molecule has 6 aromatic rings. The van der Waals surface area contributed by atoms with Crippen LogP contribution in [0.15, 0.2) is 182 Å². The Kier molecular flexibility index (Phi) is 11.1. The molecule has 0 aromatic heterocycles. The van der Waals surface area contributed by atoms with Crippen molar-refractivity contribution in [1.82, 2.24) is 15.5 Å². The van der Waals surface area contributed by atoms with Crippen LogP contribution in [0.2, 0.25) is 0 Å². The van der Waals surface area contributed by atoms with Gasteiger partial charge in [-0.3, -0.25) is 15.0 Å². The largest absolute Gasteiger partial charge is 0.395 e. The van der Waals surface area contributed by atoms with Crippen LogP contribution in [-0.2, 0) is 15.9 Å². The highest BCUT2D eigenvalue weighted by Crippen LogP contribution is 2.42. The predicted octanol–water partition coefficient (Wildman–Crippen LogP) is 6.97. The number of amides is 1. The van der Waals surface area contributed by atoms with Crippen molar-refractivity contribution < 1.29 is 9.90 Å². The summed E-state index contributed by atoms with van der Waals surface area (Å²) in [4.78, 5) is 16.0. The Bertz CT molecular complexity index is 1660. The summed E-state index contributed by atoms with van der Waals surface area (Å²) >= 11 is 0. The number of benzene rings is 6. The highest BCUT2D eigenvalue weighted by molar-refractivity contribution is 5.78. The lowest BCUT2D eigenvalue weighted by molar-refractivity contribution is -0.123. The van der Waals surface area contributed by atoms with E-state index in [9.17, 15) is 9.90 Å². The van der Waals surface area contributed by atoms with Gasteiger partial charge >= 0.3 is 0 Å². The third-order valence-electron chi connectivity index (χ3n) is 9.21. The number of nitrogens with one attached hydrogen (secondary N) is 2. The van der Waals surface area contributed by atoms with Gasteiger partial charge in [0, 0.05) is 19.6 Å². The number of carbonyl (C=O) groups is 1. The first kappa shape index (κ1) is 33.6. The molecule has 1 amide bonds. The number of hydrogen-bond donors (Lipinski definition) is 3. The molecule has 0 fully saturated rings. The fourth-order valence-corrected chi connectivity index (χ4v) is 7.12. The van der Waals surface area contributed by atoms with Crippen molar-refractivity contribution in [2.45, 2.75) is 11.1 Å². The maximum atomic E-state index is 13.9. The van der Waals surface area contributed by atoms with Crippen molar-refractivity contribution in [3.8, 4) is 0 Å². The molecule has 0 spiro atoms. The monoisotopic (exact) mass is 645 g/mol. The fourth-order valence-electron chi connectivity index (χ4n) is 7.12. The lowest BCUT2D eigenvalue weighted by Gasteiger charge is -2.45. The minimum atomic E-state index is -0.814. The Morgan fingerprint density at radius 3 is 1.14 bits per heavy atom. The summed E-state index contributed by atoms with van der Waals surface area (Å²) in [7, 11) is 0. The van der Waals surface area contributed by atoms with Gasteiger partial charge < -0.3 is 10.4 Å². The molecule has 0 saturated carbocycles. The number of carbonyl (C=O) groups excluding carboxylic acids is 1. The van der Waals surface area contributed by atoms with Crippen LogP contribution in [0.5, 0.6) is 0 Å². The van der Waals surface area contributed by atoms with Crippen LogP contribution in [0.1, 0.15) is 33.4 Å². The molecule has 0 aliphatic rings. The first-order valence-electron chi connectivity index (χ1n) is 16.9. The first-order valence-corrected chi connectivity index (χ1v) is 16.9. The molecule has 5 nitrogen and oxygen atoms in total. The third kappa shape index (κ3) is 7.10. The van der Waals surface area contributed by atoms with Crippen LogP contribution < -0.4 is 10.6 Å². The normalized spacial score (nSPS) is 11.7. The van der Waals surface area contributed by atoms with Crippen molar-refractivity contribution in [2.24, 2.45) is 0 Å².